The Kier molecular flexibility index (Phi) is 3.04. The van der Waals surface area contributed by atoms with Gasteiger partial charge in [-0.1, -0.05) is 30.7 Å². The van der Waals surface area contributed by atoms with Gasteiger partial charge in [-0.15, -0.1) is 0 Å². The Hall–Kier alpha value is -1.64. The monoisotopic (exact) mass is 215 g/mol. The van der Waals surface area contributed by atoms with Gasteiger partial charge >= 0.3 is 0 Å². The van der Waals surface area contributed by atoms with Crippen molar-refractivity contribution < 1.29 is 0 Å². The van der Waals surface area contributed by atoms with Crippen molar-refractivity contribution in [3.63, 3.8) is 0 Å². The molecule has 1 heterocycles. The first-order valence-corrected chi connectivity index (χ1v) is 5.67. The van der Waals surface area contributed by atoms with Gasteiger partial charge in [0.1, 0.15) is 5.82 Å². The summed E-state index contributed by atoms with van der Waals surface area (Å²) < 4.78 is 1.88. The van der Waals surface area contributed by atoms with Crippen LogP contribution in [0.5, 0.6) is 0 Å². The zero-order chi connectivity index (χ0) is 11.5. The van der Waals surface area contributed by atoms with E-state index in [1.807, 2.05) is 17.8 Å². The molecule has 3 nitrogen and oxygen atoms in total. The molecule has 0 saturated carbocycles. The summed E-state index contributed by atoms with van der Waals surface area (Å²) in [6, 6.07) is 8.29. The molecule has 0 unspecified atom stereocenters. The highest BCUT2D eigenvalue weighted by molar-refractivity contribution is 5.55. The van der Waals surface area contributed by atoms with Gasteiger partial charge in [0.15, 0.2) is 5.82 Å². The Balaban J connectivity index is 2.37. The molecule has 3 heteroatoms. The van der Waals surface area contributed by atoms with Gasteiger partial charge in [0.05, 0.1) is 0 Å². The number of benzene rings is 1. The van der Waals surface area contributed by atoms with E-state index in [-0.39, 0.29) is 0 Å². The molecule has 0 saturated heterocycles. The van der Waals surface area contributed by atoms with Crippen LogP contribution in [-0.4, -0.2) is 14.8 Å². The van der Waals surface area contributed by atoms with Crippen LogP contribution in [-0.2, 0) is 13.5 Å². The van der Waals surface area contributed by atoms with E-state index in [0.29, 0.717) is 0 Å². The van der Waals surface area contributed by atoms with Gasteiger partial charge in [-0.25, -0.2) is 4.98 Å². The molecule has 0 aliphatic rings. The highest BCUT2D eigenvalue weighted by Crippen LogP contribution is 2.17. The third-order valence-corrected chi connectivity index (χ3v) is 2.60. The van der Waals surface area contributed by atoms with Crippen LogP contribution in [0.2, 0.25) is 0 Å². The summed E-state index contributed by atoms with van der Waals surface area (Å²) in [6.45, 7) is 4.24. The molecule has 0 aliphatic carbocycles. The van der Waals surface area contributed by atoms with Crippen molar-refractivity contribution in [3.05, 3.63) is 35.7 Å². The van der Waals surface area contributed by atoms with E-state index < -0.39 is 0 Å². The van der Waals surface area contributed by atoms with Crippen molar-refractivity contribution in [1.29, 1.82) is 0 Å². The average molecular weight is 215 g/mol. The quantitative estimate of drug-likeness (QED) is 0.788. The molecule has 0 spiro atoms. The fraction of sp³-hybridized carbons (Fsp3) is 0.385. The standard InChI is InChI=1S/C13H17N3/c1-4-6-12-14-13(15-16(12)3)11-8-5-7-10(2)9-11/h5,7-9H,4,6H2,1-3H3. The summed E-state index contributed by atoms with van der Waals surface area (Å²) in [5.74, 6) is 1.88. The minimum Gasteiger partial charge on any atom is -0.253 e. The molecule has 0 N–H and O–H groups in total. The Morgan fingerprint density at radius 1 is 1.31 bits per heavy atom. The van der Waals surface area contributed by atoms with Crippen molar-refractivity contribution in [1.82, 2.24) is 14.8 Å². The Morgan fingerprint density at radius 2 is 2.12 bits per heavy atom. The van der Waals surface area contributed by atoms with Gasteiger partial charge in [-0.05, 0) is 19.4 Å². The predicted molar refractivity (Wildman–Crippen MR) is 65.2 cm³/mol. The summed E-state index contributed by atoms with van der Waals surface area (Å²) in [6.07, 6.45) is 2.08. The van der Waals surface area contributed by atoms with Crippen LogP contribution in [0.15, 0.2) is 24.3 Å². The van der Waals surface area contributed by atoms with E-state index in [1.165, 1.54) is 5.56 Å². The van der Waals surface area contributed by atoms with Crippen molar-refractivity contribution in [2.24, 2.45) is 7.05 Å². The normalized spacial score (nSPS) is 10.7. The lowest BCUT2D eigenvalue weighted by Gasteiger charge is -1.95. The minimum atomic E-state index is 0.828. The van der Waals surface area contributed by atoms with E-state index in [1.54, 1.807) is 0 Å². The third-order valence-electron chi connectivity index (χ3n) is 2.60. The van der Waals surface area contributed by atoms with E-state index >= 15 is 0 Å². The third kappa shape index (κ3) is 2.13. The lowest BCUT2D eigenvalue weighted by Crippen LogP contribution is -1.98. The van der Waals surface area contributed by atoms with Crippen LogP contribution in [0, 0.1) is 6.92 Å². The van der Waals surface area contributed by atoms with Gasteiger partial charge in [0, 0.05) is 19.0 Å². The second-order valence-corrected chi connectivity index (χ2v) is 4.09. The predicted octanol–water partition coefficient (Wildman–Crippen LogP) is 2.74. The molecule has 1 aromatic heterocycles. The first-order chi connectivity index (χ1) is 7.70. The van der Waals surface area contributed by atoms with Gasteiger partial charge < -0.3 is 0 Å². The van der Waals surface area contributed by atoms with Crippen LogP contribution in [0.1, 0.15) is 24.7 Å². The molecule has 1 aromatic carbocycles. The summed E-state index contributed by atoms with van der Waals surface area (Å²) in [4.78, 5) is 4.56. The van der Waals surface area contributed by atoms with Crippen molar-refractivity contribution >= 4 is 0 Å². The van der Waals surface area contributed by atoms with Crippen molar-refractivity contribution in [2.45, 2.75) is 26.7 Å². The van der Waals surface area contributed by atoms with Gasteiger partial charge in [0.25, 0.3) is 0 Å². The van der Waals surface area contributed by atoms with Crippen molar-refractivity contribution in [3.8, 4) is 11.4 Å². The highest BCUT2D eigenvalue weighted by atomic mass is 15.3. The van der Waals surface area contributed by atoms with E-state index in [4.69, 9.17) is 0 Å². The molecule has 0 radical (unpaired) electrons. The second-order valence-electron chi connectivity index (χ2n) is 4.09. The summed E-state index contributed by atoms with van der Waals surface area (Å²) in [7, 11) is 1.96. The molecule has 2 aromatic rings. The summed E-state index contributed by atoms with van der Waals surface area (Å²) in [5.41, 5.74) is 2.33. The lowest BCUT2D eigenvalue weighted by atomic mass is 10.1. The Labute approximate surface area is 96.1 Å². The lowest BCUT2D eigenvalue weighted by molar-refractivity contribution is 0.687. The van der Waals surface area contributed by atoms with Gasteiger partial charge in [0.2, 0.25) is 0 Å². The maximum atomic E-state index is 4.56. The average Bonchev–Trinajstić information content (AvgIpc) is 2.61. The fourth-order valence-corrected chi connectivity index (χ4v) is 1.76. The summed E-state index contributed by atoms with van der Waals surface area (Å²) >= 11 is 0. The van der Waals surface area contributed by atoms with Crippen LogP contribution in [0.3, 0.4) is 0 Å². The topological polar surface area (TPSA) is 30.7 Å². The highest BCUT2D eigenvalue weighted by Gasteiger charge is 2.08. The fourth-order valence-electron chi connectivity index (χ4n) is 1.76. The molecule has 2 rings (SSSR count). The molecular weight excluding hydrogens is 198 g/mol. The van der Waals surface area contributed by atoms with Crippen LogP contribution < -0.4 is 0 Å². The Bertz CT molecular complexity index is 486. The number of hydrogen-bond acceptors (Lipinski definition) is 2. The van der Waals surface area contributed by atoms with Crippen molar-refractivity contribution in [2.75, 3.05) is 0 Å². The van der Waals surface area contributed by atoms with E-state index in [9.17, 15) is 0 Å². The van der Waals surface area contributed by atoms with Crippen LogP contribution >= 0.6 is 0 Å². The molecule has 84 valence electrons. The number of aryl methyl sites for hydroxylation is 3. The van der Waals surface area contributed by atoms with E-state index in [0.717, 1.165) is 30.1 Å². The number of nitrogens with zero attached hydrogens (tertiary/aromatic N) is 3. The molecule has 0 amide bonds. The minimum absolute atomic E-state index is 0.828. The maximum absolute atomic E-state index is 4.56. The molecule has 0 atom stereocenters. The largest absolute Gasteiger partial charge is 0.253 e. The SMILES string of the molecule is CCCc1nc(-c2cccc(C)c2)nn1C. The molecule has 0 bridgehead atoms. The van der Waals surface area contributed by atoms with E-state index in [2.05, 4.69) is 42.1 Å². The molecular formula is C13H17N3. The van der Waals surface area contributed by atoms with Gasteiger partial charge in [-0.2, -0.15) is 5.10 Å². The number of aromatic nitrogens is 3. The smallest absolute Gasteiger partial charge is 0.181 e. The molecule has 0 fully saturated rings. The second kappa shape index (κ2) is 4.47. The van der Waals surface area contributed by atoms with Crippen LogP contribution in [0.25, 0.3) is 11.4 Å². The number of rotatable bonds is 3. The summed E-state index contributed by atoms with van der Waals surface area (Å²) in [5, 5.41) is 4.45. The zero-order valence-corrected chi connectivity index (χ0v) is 10.1. The molecule has 0 aliphatic heterocycles. The molecule has 16 heavy (non-hydrogen) atoms. The number of hydrogen-bond donors (Lipinski definition) is 0. The first kappa shape index (κ1) is 10.9. The first-order valence-electron chi connectivity index (χ1n) is 5.67. The Morgan fingerprint density at radius 3 is 2.81 bits per heavy atom. The van der Waals surface area contributed by atoms with Gasteiger partial charge in [-0.3, -0.25) is 4.68 Å². The maximum Gasteiger partial charge on any atom is 0.181 e. The zero-order valence-electron chi connectivity index (χ0n) is 10.1. The van der Waals surface area contributed by atoms with Crippen LogP contribution in [0.4, 0.5) is 0 Å².